The van der Waals surface area contributed by atoms with Crippen molar-refractivity contribution < 1.29 is 19.1 Å². The highest BCUT2D eigenvalue weighted by molar-refractivity contribution is 5.87. The maximum Gasteiger partial charge on any atom is 0.303 e. The zero-order valence-corrected chi connectivity index (χ0v) is 15.4. The van der Waals surface area contributed by atoms with Crippen molar-refractivity contribution in [3.8, 4) is 0 Å². The molecule has 5 rings (SSSR count). The van der Waals surface area contributed by atoms with Gasteiger partial charge in [0.05, 0.1) is 0 Å². The molecule has 4 aliphatic carbocycles. The SMILES string of the molecule is CC(=O)O[C@@H]1C[C@H]2[C@@H]3CCC(=O)[C@@]3(C)CC[C@@H]2[C@@]2(C)CC=C[C@H]3O[C@@]312. The monoisotopic (exact) mass is 344 g/mol. The lowest BCUT2D eigenvalue weighted by molar-refractivity contribution is -0.181. The van der Waals surface area contributed by atoms with Crippen LogP contribution in [-0.2, 0) is 19.1 Å². The zero-order chi connectivity index (χ0) is 17.6. The summed E-state index contributed by atoms with van der Waals surface area (Å²) in [6, 6.07) is 0. The van der Waals surface area contributed by atoms with Crippen LogP contribution in [-0.4, -0.2) is 29.6 Å². The van der Waals surface area contributed by atoms with E-state index in [9.17, 15) is 9.59 Å². The molecule has 0 N–H and O–H groups in total. The quantitative estimate of drug-likeness (QED) is 0.415. The number of hydrogen-bond donors (Lipinski definition) is 0. The van der Waals surface area contributed by atoms with Crippen LogP contribution in [0.15, 0.2) is 12.2 Å². The topological polar surface area (TPSA) is 55.9 Å². The highest BCUT2D eigenvalue weighted by atomic mass is 16.7. The normalized spacial score (nSPS) is 55.6. The second-order valence-electron chi connectivity index (χ2n) is 9.51. The van der Waals surface area contributed by atoms with Gasteiger partial charge in [-0.25, -0.2) is 0 Å². The lowest BCUT2D eigenvalue weighted by atomic mass is 9.45. The molecule has 0 unspecified atom stereocenters. The minimum Gasteiger partial charge on any atom is -0.459 e. The Kier molecular flexibility index (Phi) is 3.06. The van der Waals surface area contributed by atoms with Gasteiger partial charge in [0.15, 0.2) is 0 Å². The number of Topliss-reactive ketones (excluding diaryl/α,β-unsaturated/α-hetero) is 1. The summed E-state index contributed by atoms with van der Waals surface area (Å²) >= 11 is 0. The van der Waals surface area contributed by atoms with E-state index in [1.165, 1.54) is 6.92 Å². The van der Waals surface area contributed by atoms with Crippen LogP contribution in [0.25, 0.3) is 0 Å². The Morgan fingerprint density at radius 2 is 2.08 bits per heavy atom. The fourth-order valence-electron chi connectivity index (χ4n) is 7.42. The molecule has 1 spiro atoms. The minimum atomic E-state index is -0.328. The van der Waals surface area contributed by atoms with Crippen molar-refractivity contribution in [2.24, 2.45) is 28.6 Å². The van der Waals surface area contributed by atoms with Gasteiger partial charge in [-0.2, -0.15) is 0 Å². The van der Waals surface area contributed by atoms with Crippen molar-refractivity contribution in [3.63, 3.8) is 0 Å². The standard InChI is InChI=1S/C21H28O4/c1-12(22)24-18-11-13-14-6-7-16(23)19(14,2)10-8-15(13)20(3)9-4-5-17-21(18,20)25-17/h4-5,13-15,17-18H,6-11H2,1-3H3/t13-,14-,15-,17+,18+,19-,20+,21-/m0/s1. The third-order valence-corrected chi connectivity index (χ3v) is 8.67. The van der Waals surface area contributed by atoms with Gasteiger partial charge < -0.3 is 9.47 Å². The van der Waals surface area contributed by atoms with Gasteiger partial charge in [0, 0.05) is 24.2 Å². The fourth-order valence-corrected chi connectivity index (χ4v) is 7.42. The number of ether oxygens (including phenoxy) is 2. The van der Waals surface area contributed by atoms with Crippen LogP contribution in [0.4, 0.5) is 0 Å². The van der Waals surface area contributed by atoms with Gasteiger partial charge in [-0.15, -0.1) is 0 Å². The second kappa shape index (κ2) is 4.76. The predicted octanol–water partition coefficient (Wildman–Crippen LogP) is 3.44. The maximum atomic E-state index is 12.6. The molecule has 8 atom stereocenters. The molecule has 0 bridgehead atoms. The van der Waals surface area contributed by atoms with Gasteiger partial charge in [0.25, 0.3) is 0 Å². The molecule has 3 saturated carbocycles. The number of hydrogen-bond acceptors (Lipinski definition) is 4. The second-order valence-corrected chi connectivity index (χ2v) is 9.51. The smallest absolute Gasteiger partial charge is 0.303 e. The number of fused-ring (bicyclic) bond motifs is 4. The molecule has 4 fully saturated rings. The fraction of sp³-hybridized carbons (Fsp3) is 0.810. The van der Waals surface area contributed by atoms with Crippen LogP contribution < -0.4 is 0 Å². The summed E-state index contributed by atoms with van der Waals surface area (Å²) in [6.07, 6.45) is 10.0. The molecule has 25 heavy (non-hydrogen) atoms. The van der Waals surface area contributed by atoms with Crippen molar-refractivity contribution in [3.05, 3.63) is 12.2 Å². The van der Waals surface area contributed by atoms with Crippen molar-refractivity contribution in [1.82, 2.24) is 0 Å². The zero-order valence-electron chi connectivity index (χ0n) is 15.4. The molecule has 0 aromatic rings. The number of allylic oxidation sites excluding steroid dienone is 1. The van der Waals surface area contributed by atoms with Gasteiger partial charge in [0.1, 0.15) is 23.6 Å². The van der Waals surface area contributed by atoms with Crippen molar-refractivity contribution in [2.45, 2.75) is 77.1 Å². The highest BCUT2D eigenvalue weighted by Gasteiger charge is 2.78. The summed E-state index contributed by atoms with van der Waals surface area (Å²) in [6.45, 7) is 6.04. The number of carbonyl (C=O) groups excluding carboxylic acids is 2. The van der Waals surface area contributed by atoms with Crippen LogP contribution in [0, 0.1) is 28.6 Å². The van der Waals surface area contributed by atoms with E-state index >= 15 is 0 Å². The summed E-state index contributed by atoms with van der Waals surface area (Å²) < 4.78 is 12.1. The average molecular weight is 344 g/mol. The van der Waals surface area contributed by atoms with Gasteiger partial charge in [-0.1, -0.05) is 26.0 Å². The Hall–Kier alpha value is -1.16. The van der Waals surface area contributed by atoms with Gasteiger partial charge in [0.2, 0.25) is 0 Å². The first kappa shape index (κ1) is 16.0. The van der Waals surface area contributed by atoms with Gasteiger partial charge in [-0.05, 0) is 49.9 Å². The Bertz CT molecular complexity index is 683. The molecule has 4 nitrogen and oxygen atoms in total. The third kappa shape index (κ3) is 1.77. The number of esters is 1. The number of rotatable bonds is 1. The third-order valence-electron chi connectivity index (χ3n) is 8.67. The van der Waals surface area contributed by atoms with E-state index in [1.807, 2.05) is 0 Å². The van der Waals surface area contributed by atoms with E-state index in [2.05, 4.69) is 26.0 Å². The molecule has 1 heterocycles. The highest BCUT2D eigenvalue weighted by Crippen LogP contribution is 2.71. The van der Waals surface area contributed by atoms with Crippen LogP contribution >= 0.6 is 0 Å². The first-order valence-electron chi connectivity index (χ1n) is 9.88. The number of carbonyl (C=O) groups is 2. The molecule has 5 aliphatic rings. The van der Waals surface area contributed by atoms with Crippen LogP contribution in [0.2, 0.25) is 0 Å². The molecular formula is C21H28O4. The van der Waals surface area contributed by atoms with E-state index in [-0.39, 0.29) is 34.6 Å². The molecule has 1 saturated heterocycles. The first-order valence-corrected chi connectivity index (χ1v) is 9.88. The molecule has 0 aromatic heterocycles. The molecule has 0 radical (unpaired) electrons. The number of epoxide rings is 1. The first-order chi connectivity index (χ1) is 11.8. The molecule has 0 aromatic carbocycles. The average Bonchev–Trinajstić information content (AvgIpc) is 3.22. The maximum absolute atomic E-state index is 12.6. The summed E-state index contributed by atoms with van der Waals surface area (Å²) in [5, 5.41) is 0. The molecule has 1 aliphatic heterocycles. The summed E-state index contributed by atoms with van der Waals surface area (Å²) in [4.78, 5) is 24.4. The lowest BCUT2D eigenvalue weighted by Gasteiger charge is -2.59. The minimum absolute atomic E-state index is 0.00240. The van der Waals surface area contributed by atoms with E-state index in [1.54, 1.807) is 0 Å². The Morgan fingerprint density at radius 1 is 1.28 bits per heavy atom. The summed E-state index contributed by atoms with van der Waals surface area (Å²) in [5.74, 6) is 1.69. The van der Waals surface area contributed by atoms with Gasteiger partial charge >= 0.3 is 5.97 Å². The van der Waals surface area contributed by atoms with Crippen molar-refractivity contribution >= 4 is 11.8 Å². The van der Waals surface area contributed by atoms with E-state index in [4.69, 9.17) is 9.47 Å². The number of ketones is 1. The van der Waals surface area contributed by atoms with Crippen LogP contribution in [0.3, 0.4) is 0 Å². The Balaban J connectivity index is 1.57. The van der Waals surface area contributed by atoms with Crippen LogP contribution in [0.1, 0.15) is 59.3 Å². The van der Waals surface area contributed by atoms with E-state index < -0.39 is 0 Å². The molecule has 0 amide bonds. The van der Waals surface area contributed by atoms with Crippen molar-refractivity contribution in [2.75, 3.05) is 0 Å². The van der Waals surface area contributed by atoms with E-state index in [0.29, 0.717) is 23.5 Å². The molecule has 4 heteroatoms. The summed E-state index contributed by atoms with van der Waals surface area (Å²) in [7, 11) is 0. The van der Waals surface area contributed by atoms with Gasteiger partial charge in [-0.3, -0.25) is 9.59 Å². The summed E-state index contributed by atoms with van der Waals surface area (Å²) in [5.41, 5.74) is -0.482. The van der Waals surface area contributed by atoms with E-state index in [0.717, 1.165) is 38.5 Å². The van der Waals surface area contributed by atoms with Crippen LogP contribution in [0.5, 0.6) is 0 Å². The Morgan fingerprint density at radius 3 is 2.84 bits per heavy atom. The lowest BCUT2D eigenvalue weighted by Crippen LogP contribution is -2.62. The largest absolute Gasteiger partial charge is 0.459 e. The Labute approximate surface area is 149 Å². The molecular weight excluding hydrogens is 316 g/mol. The van der Waals surface area contributed by atoms with Crippen molar-refractivity contribution in [1.29, 1.82) is 0 Å². The molecule has 136 valence electrons. The predicted molar refractivity (Wildman–Crippen MR) is 91.7 cm³/mol.